The van der Waals surface area contributed by atoms with Crippen LogP contribution >= 0.6 is 0 Å². The third-order valence-electron chi connectivity index (χ3n) is 3.10. The van der Waals surface area contributed by atoms with Gasteiger partial charge in [-0.05, 0) is 20.3 Å². The van der Waals surface area contributed by atoms with E-state index < -0.39 is 30.3 Å². The Bertz CT molecular complexity index is 295. The number of aliphatic carboxylic acids is 1. The van der Waals surface area contributed by atoms with Crippen molar-refractivity contribution >= 4 is 5.97 Å². The predicted molar refractivity (Wildman–Crippen MR) is 53.7 cm³/mol. The summed E-state index contributed by atoms with van der Waals surface area (Å²) in [4.78, 5) is 12.0. The summed E-state index contributed by atoms with van der Waals surface area (Å²) < 4.78 is 43.7. The fourth-order valence-electron chi connectivity index (χ4n) is 2.00. The smallest absolute Gasteiger partial charge is 0.418 e. The van der Waals surface area contributed by atoms with E-state index in [1.165, 1.54) is 18.7 Å². The van der Waals surface area contributed by atoms with Crippen LogP contribution in [0.2, 0.25) is 0 Å². The van der Waals surface area contributed by atoms with Gasteiger partial charge in [0.25, 0.3) is 0 Å². The number of likely N-dealkylation sites (tertiary alicyclic amines) is 1. The van der Waals surface area contributed by atoms with Crippen molar-refractivity contribution < 1.29 is 27.8 Å². The molecule has 0 bridgehead atoms. The average molecular weight is 255 g/mol. The van der Waals surface area contributed by atoms with Crippen molar-refractivity contribution in [2.24, 2.45) is 0 Å². The lowest BCUT2D eigenvalue weighted by atomic mass is 10.0. The Morgan fingerprint density at radius 2 is 2.18 bits per heavy atom. The largest absolute Gasteiger partial charge is 0.480 e. The number of alkyl halides is 3. The molecule has 1 N–H and O–H groups in total. The van der Waals surface area contributed by atoms with Crippen molar-refractivity contribution in [1.29, 1.82) is 0 Å². The fourth-order valence-corrected chi connectivity index (χ4v) is 2.00. The number of rotatable bonds is 4. The minimum atomic E-state index is -4.48. The first-order valence-corrected chi connectivity index (χ1v) is 5.41. The highest BCUT2D eigenvalue weighted by Crippen LogP contribution is 2.41. The first-order valence-electron chi connectivity index (χ1n) is 5.41. The summed E-state index contributed by atoms with van der Waals surface area (Å²) in [6.45, 7) is 2.48. The van der Waals surface area contributed by atoms with Gasteiger partial charge >= 0.3 is 12.1 Å². The molecule has 1 rings (SSSR count). The molecular formula is C10H16F3NO3. The molecule has 0 aromatic rings. The van der Waals surface area contributed by atoms with Crippen molar-refractivity contribution in [1.82, 2.24) is 4.90 Å². The van der Waals surface area contributed by atoms with Crippen LogP contribution in [0.3, 0.4) is 0 Å². The first-order chi connectivity index (χ1) is 7.73. The zero-order valence-corrected chi connectivity index (χ0v) is 9.75. The summed E-state index contributed by atoms with van der Waals surface area (Å²) in [6, 6.07) is -0.931. The van der Waals surface area contributed by atoms with Crippen molar-refractivity contribution in [3.63, 3.8) is 0 Å². The lowest BCUT2D eigenvalue weighted by molar-refractivity contribution is -0.271. The molecule has 1 fully saturated rings. The van der Waals surface area contributed by atoms with Crippen LogP contribution in [0.15, 0.2) is 0 Å². The zero-order valence-electron chi connectivity index (χ0n) is 9.75. The van der Waals surface area contributed by atoms with Gasteiger partial charge in [0.1, 0.15) is 6.04 Å². The van der Waals surface area contributed by atoms with Gasteiger partial charge < -0.3 is 9.84 Å². The number of hydrogen-bond acceptors (Lipinski definition) is 3. The van der Waals surface area contributed by atoms with E-state index in [-0.39, 0.29) is 19.6 Å². The van der Waals surface area contributed by atoms with Gasteiger partial charge in [-0.2, -0.15) is 13.2 Å². The molecule has 1 aliphatic rings. The number of carboxylic acids is 1. The van der Waals surface area contributed by atoms with E-state index in [2.05, 4.69) is 0 Å². The second-order valence-electron chi connectivity index (χ2n) is 4.16. The Morgan fingerprint density at radius 3 is 2.59 bits per heavy atom. The highest BCUT2D eigenvalue weighted by Gasteiger charge is 2.59. The van der Waals surface area contributed by atoms with E-state index in [0.29, 0.717) is 0 Å². The van der Waals surface area contributed by atoms with Crippen LogP contribution in [0, 0.1) is 0 Å². The van der Waals surface area contributed by atoms with E-state index in [1.807, 2.05) is 0 Å². The average Bonchev–Trinajstić information content (AvgIpc) is 2.62. The molecule has 0 amide bonds. The number of halogens is 3. The van der Waals surface area contributed by atoms with Gasteiger partial charge in [-0.3, -0.25) is 9.69 Å². The lowest BCUT2D eigenvalue weighted by Crippen LogP contribution is -2.51. The molecule has 0 radical (unpaired) electrons. The van der Waals surface area contributed by atoms with Crippen LogP contribution in [0.4, 0.5) is 13.2 Å². The van der Waals surface area contributed by atoms with Crippen LogP contribution in [0.25, 0.3) is 0 Å². The molecule has 1 heterocycles. The molecule has 2 atom stereocenters. The van der Waals surface area contributed by atoms with Crippen LogP contribution < -0.4 is 0 Å². The molecule has 0 aliphatic carbocycles. The second-order valence-corrected chi connectivity index (χ2v) is 4.16. The maximum absolute atomic E-state index is 12.9. The molecule has 0 unspecified atom stereocenters. The minimum Gasteiger partial charge on any atom is -0.480 e. The molecule has 1 aliphatic heterocycles. The van der Waals surface area contributed by atoms with Gasteiger partial charge in [-0.1, -0.05) is 0 Å². The van der Waals surface area contributed by atoms with E-state index in [1.54, 1.807) is 0 Å². The third-order valence-corrected chi connectivity index (χ3v) is 3.10. The number of carboxylic acid groups (broad SMARTS) is 1. The molecular weight excluding hydrogens is 239 g/mol. The maximum atomic E-state index is 12.9. The monoisotopic (exact) mass is 255 g/mol. The quantitative estimate of drug-likeness (QED) is 0.827. The second kappa shape index (κ2) is 4.81. The SMILES string of the molecule is CCO[C@]1(C(F)(F)F)CCN([C@H](C)C(=O)O)C1. The Kier molecular flexibility index (Phi) is 4.03. The number of ether oxygens (including phenoxy) is 1. The fraction of sp³-hybridized carbons (Fsp3) is 0.900. The first kappa shape index (κ1) is 14.2. The van der Waals surface area contributed by atoms with Crippen LogP contribution in [0.5, 0.6) is 0 Å². The van der Waals surface area contributed by atoms with Crippen molar-refractivity contribution in [2.75, 3.05) is 19.7 Å². The molecule has 4 nitrogen and oxygen atoms in total. The summed E-state index contributed by atoms with van der Waals surface area (Å²) in [5.41, 5.74) is -2.22. The standard InChI is InChI=1S/C10H16F3NO3/c1-3-17-9(10(11,12)13)4-5-14(6-9)7(2)8(15)16/h7H,3-6H2,1-2H3,(H,15,16)/t7-,9-/m1/s1. The minimum absolute atomic E-state index is 0.0468. The normalized spacial score (nSPS) is 28.3. The highest BCUT2D eigenvalue weighted by atomic mass is 19.4. The highest BCUT2D eigenvalue weighted by molar-refractivity contribution is 5.72. The van der Waals surface area contributed by atoms with Gasteiger partial charge in [-0.15, -0.1) is 0 Å². The molecule has 17 heavy (non-hydrogen) atoms. The Hall–Kier alpha value is -0.820. The summed E-state index contributed by atoms with van der Waals surface area (Å²) in [6.07, 6.45) is -4.70. The maximum Gasteiger partial charge on any atom is 0.418 e. The third kappa shape index (κ3) is 2.71. The van der Waals surface area contributed by atoms with E-state index in [0.717, 1.165) is 0 Å². The number of hydrogen-bond donors (Lipinski definition) is 1. The van der Waals surface area contributed by atoms with Crippen molar-refractivity contribution in [3.8, 4) is 0 Å². The molecule has 100 valence electrons. The van der Waals surface area contributed by atoms with Crippen LogP contribution in [-0.2, 0) is 9.53 Å². The van der Waals surface area contributed by atoms with Crippen LogP contribution in [-0.4, -0.2) is 53.5 Å². The van der Waals surface area contributed by atoms with E-state index >= 15 is 0 Å². The summed E-state index contributed by atoms with van der Waals surface area (Å²) in [7, 11) is 0. The molecule has 1 saturated heterocycles. The molecule has 0 aromatic heterocycles. The zero-order chi connectivity index (χ0) is 13.3. The van der Waals surface area contributed by atoms with Gasteiger partial charge in [0.05, 0.1) is 0 Å². The van der Waals surface area contributed by atoms with E-state index in [4.69, 9.17) is 9.84 Å². The lowest BCUT2D eigenvalue weighted by Gasteiger charge is -2.32. The van der Waals surface area contributed by atoms with Crippen molar-refractivity contribution in [3.05, 3.63) is 0 Å². The van der Waals surface area contributed by atoms with Gasteiger partial charge in [-0.25, -0.2) is 0 Å². The van der Waals surface area contributed by atoms with Gasteiger partial charge in [0, 0.05) is 19.7 Å². The summed E-state index contributed by atoms with van der Waals surface area (Å²) >= 11 is 0. The Balaban J connectivity index is 2.82. The Labute approximate surface area is 97.3 Å². The summed E-state index contributed by atoms with van der Waals surface area (Å²) in [5, 5.41) is 8.78. The van der Waals surface area contributed by atoms with Gasteiger partial charge in [0.15, 0.2) is 5.60 Å². The number of nitrogens with zero attached hydrogens (tertiary/aromatic N) is 1. The summed E-state index contributed by atoms with van der Waals surface area (Å²) in [5.74, 6) is -1.13. The van der Waals surface area contributed by atoms with E-state index in [9.17, 15) is 18.0 Å². The number of carbonyl (C=O) groups is 1. The Morgan fingerprint density at radius 1 is 1.59 bits per heavy atom. The topological polar surface area (TPSA) is 49.8 Å². The molecule has 0 saturated carbocycles. The van der Waals surface area contributed by atoms with Crippen LogP contribution in [0.1, 0.15) is 20.3 Å². The molecule has 0 aromatic carbocycles. The molecule has 0 spiro atoms. The molecule has 7 heteroatoms. The van der Waals surface area contributed by atoms with Crippen molar-refractivity contribution in [2.45, 2.75) is 38.1 Å². The van der Waals surface area contributed by atoms with Gasteiger partial charge in [0.2, 0.25) is 0 Å². The predicted octanol–water partition coefficient (Wildman–Crippen LogP) is 1.50.